The van der Waals surface area contributed by atoms with Crippen molar-refractivity contribution in [2.45, 2.75) is 19.9 Å². The predicted molar refractivity (Wildman–Crippen MR) is 76.0 cm³/mol. The molecule has 0 spiro atoms. The minimum Gasteiger partial charge on any atom is -0.478 e. The molecule has 19 heavy (non-hydrogen) atoms. The van der Waals surface area contributed by atoms with E-state index in [1.165, 1.54) is 17.3 Å². The van der Waals surface area contributed by atoms with Gasteiger partial charge in [-0.3, -0.25) is 0 Å². The van der Waals surface area contributed by atoms with Crippen molar-refractivity contribution < 1.29 is 9.90 Å². The number of benzene rings is 1. The molecule has 0 aliphatic rings. The summed E-state index contributed by atoms with van der Waals surface area (Å²) in [5, 5.41) is 8.72. The van der Waals surface area contributed by atoms with Crippen molar-refractivity contribution in [3.63, 3.8) is 0 Å². The molecule has 2 aromatic rings. The van der Waals surface area contributed by atoms with Gasteiger partial charge in [0.2, 0.25) is 0 Å². The average Bonchev–Trinajstić information content (AvgIpc) is 2.80. The Morgan fingerprint density at radius 3 is 2.58 bits per heavy atom. The fraction of sp³-hybridized carbons (Fsp3) is 0.188. The summed E-state index contributed by atoms with van der Waals surface area (Å²) in [7, 11) is 0. The highest BCUT2D eigenvalue weighted by Crippen LogP contribution is 2.15. The van der Waals surface area contributed by atoms with Crippen LogP contribution in [0, 0.1) is 0 Å². The van der Waals surface area contributed by atoms with Crippen molar-refractivity contribution in [3.05, 3.63) is 65.5 Å². The molecule has 1 N–H and O–H groups in total. The highest BCUT2D eigenvalue weighted by Gasteiger charge is 2.05. The molecule has 1 aromatic heterocycles. The molecule has 0 unspecified atom stereocenters. The van der Waals surface area contributed by atoms with Gasteiger partial charge in [-0.15, -0.1) is 0 Å². The van der Waals surface area contributed by atoms with Crippen LogP contribution in [0.15, 0.2) is 48.5 Å². The molecular formula is C16H17NO2. The summed E-state index contributed by atoms with van der Waals surface area (Å²) in [5.41, 5.74) is 3.33. The topological polar surface area (TPSA) is 42.2 Å². The molecule has 1 aromatic carbocycles. The Morgan fingerprint density at radius 1 is 1.21 bits per heavy atom. The van der Waals surface area contributed by atoms with Crippen LogP contribution < -0.4 is 0 Å². The predicted octanol–water partition coefficient (Wildman–Crippen LogP) is 3.20. The number of hydrogen-bond donors (Lipinski definition) is 1. The molecular weight excluding hydrogens is 238 g/mol. The standard InChI is InChI=1S/C16H17NO2/c1-2-14-8-9-15(10-11-16(18)19)17(14)12-13-6-4-3-5-7-13/h3-11H,2,12H2,1H3,(H,18,19)/b11-10+. The number of aliphatic carboxylic acids is 1. The number of aryl methyl sites for hydroxylation is 1. The van der Waals surface area contributed by atoms with Crippen LogP contribution in [0.3, 0.4) is 0 Å². The monoisotopic (exact) mass is 255 g/mol. The van der Waals surface area contributed by atoms with Gasteiger partial charge in [-0.2, -0.15) is 0 Å². The van der Waals surface area contributed by atoms with Gasteiger partial charge in [-0.1, -0.05) is 37.3 Å². The summed E-state index contributed by atoms with van der Waals surface area (Å²) in [6, 6.07) is 14.2. The van der Waals surface area contributed by atoms with Crippen molar-refractivity contribution >= 4 is 12.0 Å². The van der Waals surface area contributed by atoms with Crippen LogP contribution >= 0.6 is 0 Å². The largest absolute Gasteiger partial charge is 0.478 e. The van der Waals surface area contributed by atoms with Gasteiger partial charge in [0.25, 0.3) is 0 Å². The fourth-order valence-electron chi connectivity index (χ4n) is 2.10. The second kappa shape index (κ2) is 6.05. The molecule has 0 aliphatic carbocycles. The van der Waals surface area contributed by atoms with E-state index in [2.05, 4.69) is 23.6 Å². The van der Waals surface area contributed by atoms with Crippen LogP contribution in [0.2, 0.25) is 0 Å². The van der Waals surface area contributed by atoms with Crippen LogP contribution in [0.25, 0.3) is 6.08 Å². The van der Waals surface area contributed by atoms with Crippen LogP contribution in [0.4, 0.5) is 0 Å². The summed E-state index contributed by atoms with van der Waals surface area (Å²) < 4.78 is 2.15. The first-order chi connectivity index (χ1) is 9.20. The number of rotatable bonds is 5. The molecule has 0 amide bonds. The Bertz CT molecular complexity index is 582. The van der Waals surface area contributed by atoms with Crippen molar-refractivity contribution in [1.29, 1.82) is 0 Å². The zero-order valence-corrected chi connectivity index (χ0v) is 10.9. The normalized spacial score (nSPS) is 11.0. The van der Waals surface area contributed by atoms with Crippen LogP contribution in [-0.2, 0) is 17.8 Å². The Labute approximate surface area is 112 Å². The Hall–Kier alpha value is -2.29. The molecule has 0 saturated heterocycles. The van der Waals surface area contributed by atoms with E-state index in [0.29, 0.717) is 0 Å². The van der Waals surface area contributed by atoms with E-state index < -0.39 is 5.97 Å². The van der Waals surface area contributed by atoms with E-state index in [-0.39, 0.29) is 0 Å². The molecule has 3 nitrogen and oxygen atoms in total. The third kappa shape index (κ3) is 3.35. The van der Waals surface area contributed by atoms with Crippen molar-refractivity contribution in [1.82, 2.24) is 4.57 Å². The number of carbonyl (C=O) groups is 1. The molecule has 0 bridgehead atoms. The molecule has 3 heteroatoms. The molecule has 0 radical (unpaired) electrons. The lowest BCUT2D eigenvalue weighted by Gasteiger charge is -2.11. The Morgan fingerprint density at radius 2 is 1.95 bits per heavy atom. The van der Waals surface area contributed by atoms with Crippen molar-refractivity contribution in [3.8, 4) is 0 Å². The van der Waals surface area contributed by atoms with E-state index in [9.17, 15) is 4.79 Å². The molecule has 0 fully saturated rings. The summed E-state index contributed by atoms with van der Waals surface area (Å²) in [4.78, 5) is 10.6. The smallest absolute Gasteiger partial charge is 0.328 e. The molecule has 0 aliphatic heterocycles. The lowest BCUT2D eigenvalue weighted by atomic mass is 10.2. The second-order valence-corrected chi connectivity index (χ2v) is 4.35. The van der Waals surface area contributed by atoms with Crippen LogP contribution in [0.1, 0.15) is 23.9 Å². The highest BCUT2D eigenvalue weighted by molar-refractivity contribution is 5.85. The second-order valence-electron chi connectivity index (χ2n) is 4.35. The van der Waals surface area contributed by atoms with Gasteiger partial charge in [-0.05, 0) is 30.2 Å². The number of carboxylic acids is 1. The first kappa shape index (κ1) is 13.1. The van der Waals surface area contributed by atoms with E-state index in [1.54, 1.807) is 6.08 Å². The maximum atomic E-state index is 10.6. The van der Waals surface area contributed by atoms with Gasteiger partial charge < -0.3 is 9.67 Å². The van der Waals surface area contributed by atoms with Gasteiger partial charge in [0.05, 0.1) is 0 Å². The van der Waals surface area contributed by atoms with E-state index in [0.717, 1.165) is 18.7 Å². The molecule has 0 atom stereocenters. The number of nitrogens with zero attached hydrogens (tertiary/aromatic N) is 1. The lowest BCUT2D eigenvalue weighted by molar-refractivity contribution is -0.131. The zero-order valence-electron chi connectivity index (χ0n) is 10.9. The van der Waals surface area contributed by atoms with Gasteiger partial charge in [0.15, 0.2) is 0 Å². The maximum absolute atomic E-state index is 10.6. The summed E-state index contributed by atoms with van der Waals surface area (Å²) in [6.45, 7) is 2.86. The minimum atomic E-state index is -0.925. The third-order valence-corrected chi connectivity index (χ3v) is 3.05. The average molecular weight is 255 g/mol. The van der Waals surface area contributed by atoms with E-state index in [4.69, 9.17) is 5.11 Å². The summed E-state index contributed by atoms with van der Waals surface area (Å²) in [5.74, 6) is -0.925. The van der Waals surface area contributed by atoms with E-state index in [1.807, 2.05) is 30.3 Å². The van der Waals surface area contributed by atoms with Gasteiger partial charge in [-0.25, -0.2) is 4.79 Å². The van der Waals surface area contributed by atoms with Crippen molar-refractivity contribution in [2.24, 2.45) is 0 Å². The molecule has 0 saturated carbocycles. The Kier molecular flexibility index (Phi) is 4.18. The first-order valence-corrected chi connectivity index (χ1v) is 6.34. The van der Waals surface area contributed by atoms with Crippen LogP contribution in [-0.4, -0.2) is 15.6 Å². The summed E-state index contributed by atoms with van der Waals surface area (Å²) >= 11 is 0. The third-order valence-electron chi connectivity index (χ3n) is 3.05. The SMILES string of the molecule is CCc1ccc(/C=C/C(=O)O)n1Cc1ccccc1. The van der Waals surface area contributed by atoms with Crippen molar-refractivity contribution in [2.75, 3.05) is 0 Å². The minimum absolute atomic E-state index is 0.760. The Balaban J connectivity index is 2.31. The van der Waals surface area contributed by atoms with Crippen LogP contribution in [0.5, 0.6) is 0 Å². The quantitative estimate of drug-likeness (QED) is 0.834. The molecule has 1 heterocycles. The lowest BCUT2D eigenvalue weighted by Crippen LogP contribution is -2.05. The fourth-order valence-corrected chi connectivity index (χ4v) is 2.10. The van der Waals surface area contributed by atoms with Gasteiger partial charge in [0.1, 0.15) is 0 Å². The molecule has 98 valence electrons. The van der Waals surface area contributed by atoms with Gasteiger partial charge in [0, 0.05) is 24.0 Å². The van der Waals surface area contributed by atoms with Gasteiger partial charge >= 0.3 is 5.97 Å². The van der Waals surface area contributed by atoms with E-state index >= 15 is 0 Å². The summed E-state index contributed by atoms with van der Waals surface area (Å²) in [6.07, 6.45) is 3.74. The maximum Gasteiger partial charge on any atom is 0.328 e. The zero-order chi connectivity index (χ0) is 13.7. The number of hydrogen-bond acceptors (Lipinski definition) is 1. The first-order valence-electron chi connectivity index (χ1n) is 6.34. The number of carboxylic acid groups (broad SMARTS) is 1. The number of aromatic nitrogens is 1. The highest BCUT2D eigenvalue weighted by atomic mass is 16.4. The molecule has 2 rings (SSSR count).